The summed E-state index contributed by atoms with van der Waals surface area (Å²) in [5.41, 5.74) is 0.527. The van der Waals surface area contributed by atoms with Gasteiger partial charge < -0.3 is 24.4 Å². The van der Waals surface area contributed by atoms with Crippen LogP contribution in [-0.2, 0) is 19.0 Å². The predicted octanol–water partition coefficient (Wildman–Crippen LogP) is 2.00. The summed E-state index contributed by atoms with van der Waals surface area (Å²) in [7, 11) is 2.46. The van der Waals surface area contributed by atoms with E-state index in [1.165, 1.54) is 32.4 Å². The molecule has 1 aliphatic rings. The number of carbonyl (C=O) groups is 4. The van der Waals surface area contributed by atoms with Crippen LogP contribution in [0.15, 0.2) is 18.2 Å². The number of carbonyl (C=O) groups excluding carboxylic acids is 4. The minimum atomic E-state index is -0.636. The van der Waals surface area contributed by atoms with Crippen LogP contribution in [0.2, 0.25) is 0 Å². The first-order chi connectivity index (χ1) is 15.2. The molecule has 1 aromatic carbocycles. The van der Waals surface area contributed by atoms with Gasteiger partial charge in [0.05, 0.1) is 38.5 Å². The number of nitrogens with zero attached hydrogens (tertiary/aromatic N) is 2. The highest BCUT2D eigenvalue weighted by Crippen LogP contribution is 2.17. The van der Waals surface area contributed by atoms with Crippen molar-refractivity contribution in [3.8, 4) is 0 Å². The molecule has 1 aliphatic heterocycles. The second kappa shape index (κ2) is 12.0. The van der Waals surface area contributed by atoms with Crippen molar-refractivity contribution in [2.24, 2.45) is 5.92 Å². The third kappa shape index (κ3) is 7.52. The van der Waals surface area contributed by atoms with Crippen molar-refractivity contribution in [2.75, 3.05) is 58.9 Å². The number of hydrogen-bond acceptors (Lipinski definition) is 8. The number of anilines is 1. The van der Waals surface area contributed by atoms with Crippen molar-refractivity contribution in [2.45, 2.75) is 20.3 Å². The highest BCUT2D eigenvalue weighted by atomic mass is 16.6. The van der Waals surface area contributed by atoms with Gasteiger partial charge in [0.1, 0.15) is 0 Å². The van der Waals surface area contributed by atoms with E-state index in [1.807, 2.05) is 18.7 Å². The van der Waals surface area contributed by atoms with Gasteiger partial charge in [-0.25, -0.2) is 14.4 Å². The van der Waals surface area contributed by atoms with E-state index < -0.39 is 11.9 Å². The number of methoxy groups -OCH3 is 2. The lowest BCUT2D eigenvalue weighted by Crippen LogP contribution is -2.38. The molecule has 32 heavy (non-hydrogen) atoms. The second-order valence-corrected chi connectivity index (χ2v) is 7.92. The lowest BCUT2D eigenvalue weighted by atomic mass is 10.1. The molecule has 0 aliphatic carbocycles. The van der Waals surface area contributed by atoms with Crippen LogP contribution in [0, 0.1) is 5.92 Å². The van der Waals surface area contributed by atoms with Gasteiger partial charge in [0.2, 0.25) is 5.91 Å². The summed E-state index contributed by atoms with van der Waals surface area (Å²) in [6, 6.07) is 4.21. The van der Waals surface area contributed by atoms with Gasteiger partial charge in [-0.05, 0) is 30.5 Å². The van der Waals surface area contributed by atoms with Gasteiger partial charge in [-0.2, -0.15) is 0 Å². The number of ether oxygens (including phenoxy) is 3. The maximum absolute atomic E-state index is 12.6. The molecule has 0 spiro atoms. The van der Waals surface area contributed by atoms with E-state index in [0.717, 1.165) is 0 Å². The van der Waals surface area contributed by atoms with Crippen LogP contribution in [0.3, 0.4) is 0 Å². The zero-order valence-corrected chi connectivity index (χ0v) is 19.0. The van der Waals surface area contributed by atoms with Crippen LogP contribution in [-0.4, -0.2) is 87.3 Å². The Morgan fingerprint density at radius 1 is 0.938 bits per heavy atom. The smallest absolute Gasteiger partial charge is 0.409 e. The van der Waals surface area contributed by atoms with Crippen LogP contribution < -0.4 is 5.32 Å². The molecular formula is C22H31N3O7. The Morgan fingerprint density at radius 2 is 1.56 bits per heavy atom. The maximum Gasteiger partial charge on any atom is 0.409 e. The van der Waals surface area contributed by atoms with Crippen LogP contribution in [0.1, 0.15) is 41.0 Å². The van der Waals surface area contributed by atoms with E-state index in [-0.39, 0.29) is 41.3 Å². The lowest BCUT2D eigenvalue weighted by molar-refractivity contribution is -0.117. The summed E-state index contributed by atoms with van der Waals surface area (Å²) in [5.74, 6) is -1.31. The Bertz CT molecular complexity index is 807. The summed E-state index contributed by atoms with van der Waals surface area (Å²) in [5, 5.41) is 2.71. The van der Waals surface area contributed by atoms with Crippen LogP contribution in [0.4, 0.5) is 10.5 Å². The molecule has 0 aromatic heterocycles. The summed E-state index contributed by atoms with van der Waals surface area (Å²) in [6.07, 6.45) is 0.383. The zero-order valence-electron chi connectivity index (χ0n) is 19.0. The maximum atomic E-state index is 12.6. The quantitative estimate of drug-likeness (QED) is 0.497. The van der Waals surface area contributed by atoms with Gasteiger partial charge in [-0.1, -0.05) is 13.8 Å². The van der Waals surface area contributed by atoms with E-state index in [2.05, 4.69) is 5.32 Å². The lowest BCUT2D eigenvalue weighted by Gasteiger charge is -2.21. The topological polar surface area (TPSA) is 114 Å². The molecule has 10 nitrogen and oxygen atoms in total. The summed E-state index contributed by atoms with van der Waals surface area (Å²) >= 11 is 0. The number of esters is 2. The molecule has 0 unspecified atom stereocenters. The molecule has 1 aromatic rings. The van der Waals surface area contributed by atoms with E-state index in [9.17, 15) is 19.2 Å². The Labute approximate surface area is 187 Å². The van der Waals surface area contributed by atoms with E-state index in [4.69, 9.17) is 14.2 Å². The van der Waals surface area contributed by atoms with Crippen molar-refractivity contribution in [3.63, 3.8) is 0 Å². The fourth-order valence-corrected chi connectivity index (χ4v) is 3.22. The first-order valence-corrected chi connectivity index (χ1v) is 10.5. The summed E-state index contributed by atoms with van der Waals surface area (Å²) < 4.78 is 14.7. The average molecular weight is 450 g/mol. The monoisotopic (exact) mass is 449 g/mol. The molecule has 1 saturated heterocycles. The van der Waals surface area contributed by atoms with Crippen molar-refractivity contribution >= 4 is 29.6 Å². The molecule has 0 radical (unpaired) electrons. The molecule has 0 atom stereocenters. The van der Waals surface area contributed by atoms with E-state index in [0.29, 0.717) is 39.2 Å². The number of amides is 2. The van der Waals surface area contributed by atoms with Crippen LogP contribution >= 0.6 is 0 Å². The molecule has 176 valence electrons. The number of hydrogen-bond donors (Lipinski definition) is 1. The molecule has 1 fully saturated rings. The minimum absolute atomic E-state index is 0.102. The Hall–Kier alpha value is -3.14. The molecular weight excluding hydrogens is 418 g/mol. The van der Waals surface area contributed by atoms with Gasteiger partial charge in [-0.15, -0.1) is 0 Å². The predicted molar refractivity (Wildman–Crippen MR) is 117 cm³/mol. The third-order valence-corrected chi connectivity index (χ3v) is 4.81. The average Bonchev–Trinajstić information content (AvgIpc) is 3.01. The van der Waals surface area contributed by atoms with Gasteiger partial charge in [0.15, 0.2) is 0 Å². The highest BCUT2D eigenvalue weighted by Gasteiger charge is 2.22. The second-order valence-electron chi connectivity index (χ2n) is 7.92. The zero-order chi connectivity index (χ0) is 23.7. The molecule has 1 heterocycles. The van der Waals surface area contributed by atoms with E-state index in [1.54, 1.807) is 4.90 Å². The molecule has 1 N–H and O–H groups in total. The number of rotatable bonds is 7. The molecule has 0 bridgehead atoms. The highest BCUT2D eigenvalue weighted by molar-refractivity contribution is 5.99. The molecule has 2 amide bonds. The van der Waals surface area contributed by atoms with Gasteiger partial charge in [0.25, 0.3) is 0 Å². The molecule has 0 saturated carbocycles. The largest absolute Gasteiger partial charge is 0.465 e. The SMILES string of the molecule is COC(=O)c1cc(NC(=O)CN2CCCN(C(=O)OCC(C)C)CC2)cc(C(=O)OC)c1. The van der Waals surface area contributed by atoms with Crippen molar-refractivity contribution < 1.29 is 33.4 Å². The summed E-state index contributed by atoms with van der Waals surface area (Å²) in [6.45, 7) is 6.64. The van der Waals surface area contributed by atoms with E-state index >= 15 is 0 Å². The minimum Gasteiger partial charge on any atom is -0.465 e. The molecule has 2 rings (SSSR count). The van der Waals surface area contributed by atoms with Gasteiger partial charge in [-0.3, -0.25) is 9.69 Å². The summed E-state index contributed by atoms with van der Waals surface area (Å²) in [4.78, 5) is 52.2. The molecule has 10 heteroatoms. The van der Waals surface area contributed by atoms with Crippen LogP contribution in [0.25, 0.3) is 0 Å². The third-order valence-electron chi connectivity index (χ3n) is 4.81. The Kier molecular flexibility index (Phi) is 9.45. The fraction of sp³-hybridized carbons (Fsp3) is 0.545. The number of nitrogens with one attached hydrogen (secondary N) is 1. The van der Waals surface area contributed by atoms with Gasteiger partial charge >= 0.3 is 18.0 Å². The first-order valence-electron chi connectivity index (χ1n) is 10.5. The Balaban J connectivity index is 1.98. The number of benzene rings is 1. The standard InChI is InChI=1S/C22H31N3O7/c1-15(2)14-32-22(29)25-7-5-6-24(8-9-25)13-19(26)23-18-11-16(20(27)30-3)10-17(12-18)21(28)31-4/h10-12,15H,5-9,13-14H2,1-4H3,(H,23,26). The fourth-order valence-electron chi connectivity index (χ4n) is 3.22. The van der Waals surface area contributed by atoms with Crippen molar-refractivity contribution in [1.29, 1.82) is 0 Å². The first kappa shape index (κ1) is 25.1. The van der Waals surface area contributed by atoms with Crippen molar-refractivity contribution in [1.82, 2.24) is 9.80 Å². The van der Waals surface area contributed by atoms with Crippen LogP contribution in [0.5, 0.6) is 0 Å². The Morgan fingerprint density at radius 3 is 2.12 bits per heavy atom. The van der Waals surface area contributed by atoms with Gasteiger partial charge in [0, 0.05) is 31.9 Å². The normalized spacial score (nSPS) is 14.5. The van der Waals surface area contributed by atoms with Crippen molar-refractivity contribution in [3.05, 3.63) is 29.3 Å².